The van der Waals surface area contributed by atoms with Crippen molar-refractivity contribution in [2.24, 2.45) is 0 Å². The Morgan fingerprint density at radius 2 is 1.86 bits per heavy atom. The lowest BCUT2D eigenvalue weighted by molar-refractivity contribution is -0.117. The summed E-state index contributed by atoms with van der Waals surface area (Å²) in [5.41, 5.74) is 3.79. The lowest BCUT2D eigenvalue weighted by atomic mass is 10.1. The number of hydrogen-bond acceptors (Lipinski definition) is 4. The molecule has 0 bridgehead atoms. The first-order chi connectivity index (χ1) is 13.6. The molecule has 7 heteroatoms. The van der Waals surface area contributed by atoms with E-state index in [9.17, 15) is 9.59 Å². The molecule has 2 heterocycles. The largest absolute Gasteiger partial charge is 0.496 e. The molecular formula is C21H15ClN2O4. The van der Waals surface area contributed by atoms with Crippen LogP contribution in [0, 0.1) is 0 Å². The first-order valence-electron chi connectivity index (χ1n) is 8.43. The number of rotatable bonds is 4. The van der Waals surface area contributed by atoms with Crippen molar-refractivity contribution in [2.75, 3.05) is 12.1 Å². The van der Waals surface area contributed by atoms with Gasteiger partial charge >= 0.3 is 0 Å². The number of benzene rings is 2. The Bertz CT molecular complexity index is 1090. The molecule has 1 aliphatic heterocycles. The number of ether oxygens (including phenoxy) is 1. The van der Waals surface area contributed by atoms with Crippen LogP contribution in [0.25, 0.3) is 17.4 Å². The fourth-order valence-corrected chi connectivity index (χ4v) is 3.08. The molecule has 0 atom stereocenters. The molecule has 140 valence electrons. The van der Waals surface area contributed by atoms with Gasteiger partial charge in [0.15, 0.2) is 0 Å². The van der Waals surface area contributed by atoms with Gasteiger partial charge in [-0.05, 0) is 48.5 Å². The van der Waals surface area contributed by atoms with E-state index in [0.29, 0.717) is 33.5 Å². The van der Waals surface area contributed by atoms with Gasteiger partial charge in [-0.2, -0.15) is 0 Å². The normalized spacial score (nSPS) is 15.2. The Hall–Kier alpha value is -3.51. The zero-order valence-corrected chi connectivity index (χ0v) is 15.6. The zero-order valence-electron chi connectivity index (χ0n) is 14.8. The van der Waals surface area contributed by atoms with Crippen LogP contribution in [0.5, 0.6) is 5.75 Å². The minimum atomic E-state index is -0.493. The summed E-state index contributed by atoms with van der Waals surface area (Å²) < 4.78 is 11.1. The maximum Gasteiger partial charge on any atom is 0.282 e. The Morgan fingerprint density at radius 1 is 1.07 bits per heavy atom. The number of carbonyl (C=O) groups excluding carboxylic acids is 2. The Balaban J connectivity index is 1.65. The van der Waals surface area contributed by atoms with Crippen molar-refractivity contribution in [3.05, 3.63) is 77.0 Å². The zero-order chi connectivity index (χ0) is 19.7. The molecule has 0 spiro atoms. The van der Waals surface area contributed by atoms with Crippen molar-refractivity contribution in [1.29, 1.82) is 0 Å². The molecule has 4 rings (SSSR count). The molecule has 2 aromatic carbocycles. The van der Waals surface area contributed by atoms with Crippen LogP contribution in [-0.2, 0) is 9.59 Å². The number of nitrogens with one attached hydrogen (secondary N) is 1. The quantitative estimate of drug-likeness (QED) is 0.535. The number of para-hydroxylation sites is 1. The Morgan fingerprint density at radius 3 is 2.61 bits per heavy atom. The van der Waals surface area contributed by atoms with Crippen molar-refractivity contribution < 1.29 is 18.7 Å². The molecular weight excluding hydrogens is 380 g/mol. The molecule has 1 aromatic heterocycles. The van der Waals surface area contributed by atoms with E-state index in [-0.39, 0.29) is 5.57 Å². The van der Waals surface area contributed by atoms with Crippen LogP contribution >= 0.6 is 11.6 Å². The Kier molecular flexibility index (Phi) is 4.63. The molecule has 2 amide bonds. The van der Waals surface area contributed by atoms with E-state index in [2.05, 4.69) is 5.43 Å². The minimum absolute atomic E-state index is 0.0113. The molecule has 6 nitrogen and oxygen atoms in total. The van der Waals surface area contributed by atoms with Crippen molar-refractivity contribution in [3.8, 4) is 17.1 Å². The van der Waals surface area contributed by atoms with Crippen LogP contribution in [0.3, 0.4) is 0 Å². The van der Waals surface area contributed by atoms with Crippen molar-refractivity contribution >= 4 is 35.2 Å². The summed E-state index contributed by atoms with van der Waals surface area (Å²) in [7, 11) is 1.55. The first kappa shape index (κ1) is 17.9. The minimum Gasteiger partial charge on any atom is -0.496 e. The van der Waals surface area contributed by atoms with Crippen molar-refractivity contribution in [1.82, 2.24) is 5.43 Å². The number of hydrazine groups is 1. The van der Waals surface area contributed by atoms with E-state index in [1.165, 1.54) is 11.1 Å². The number of furan rings is 1. The van der Waals surface area contributed by atoms with Gasteiger partial charge in [0.1, 0.15) is 22.8 Å². The smallest absolute Gasteiger partial charge is 0.282 e. The van der Waals surface area contributed by atoms with Gasteiger partial charge in [-0.3, -0.25) is 15.0 Å². The average molecular weight is 395 g/mol. The van der Waals surface area contributed by atoms with Crippen molar-refractivity contribution in [3.63, 3.8) is 0 Å². The number of hydrogen-bond donors (Lipinski definition) is 1. The Labute approximate surface area is 165 Å². The number of methoxy groups -OCH3 is 1. The van der Waals surface area contributed by atoms with Gasteiger partial charge < -0.3 is 9.15 Å². The lowest BCUT2D eigenvalue weighted by Crippen LogP contribution is -2.35. The highest BCUT2D eigenvalue weighted by atomic mass is 35.5. The van der Waals surface area contributed by atoms with Gasteiger partial charge in [0.2, 0.25) is 0 Å². The standard InChI is InChI=1S/C21H15ClN2O4/c1-27-18-9-7-13(22)11-16(18)19-10-8-15(28-19)12-17-20(25)23-24(21(17)26)14-5-3-2-4-6-14/h2-12H,1H3,(H,23,25)/b17-12+. The molecule has 0 saturated carbocycles. The lowest BCUT2D eigenvalue weighted by Gasteiger charge is -2.13. The van der Waals surface area contributed by atoms with E-state index >= 15 is 0 Å². The molecule has 1 saturated heterocycles. The van der Waals surface area contributed by atoms with Crippen LogP contribution in [0.1, 0.15) is 5.76 Å². The molecule has 3 aromatic rings. The molecule has 0 radical (unpaired) electrons. The van der Waals surface area contributed by atoms with Crippen LogP contribution < -0.4 is 15.2 Å². The highest BCUT2D eigenvalue weighted by Crippen LogP contribution is 2.34. The van der Waals surface area contributed by atoms with Gasteiger partial charge in [-0.25, -0.2) is 5.01 Å². The topological polar surface area (TPSA) is 71.8 Å². The maximum atomic E-state index is 12.6. The van der Waals surface area contributed by atoms with E-state index in [0.717, 1.165) is 0 Å². The van der Waals surface area contributed by atoms with Crippen LogP contribution in [0.15, 0.2) is 70.7 Å². The summed E-state index contributed by atoms with van der Waals surface area (Å²) in [6.45, 7) is 0. The molecule has 1 fully saturated rings. The second-order valence-electron chi connectivity index (χ2n) is 6.02. The number of amides is 2. The number of anilines is 1. The summed E-state index contributed by atoms with van der Waals surface area (Å²) in [5, 5.41) is 1.74. The van der Waals surface area contributed by atoms with Gasteiger partial charge in [-0.15, -0.1) is 0 Å². The van der Waals surface area contributed by atoms with E-state index in [1.807, 2.05) is 6.07 Å². The van der Waals surface area contributed by atoms with Crippen LogP contribution in [0.2, 0.25) is 5.02 Å². The highest BCUT2D eigenvalue weighted by molar-refractivity contribution is 6.31. The van der Waals surface area contributed by atoms with Crippen molar-refractivity contribution in [2.45, 2.75) is 0 Å². The van der Waals surface area contributed by atoms with E-state index in [1.54, 1.807) is 61.7 Å². The van der Waals surface area contributed by atoms with E-state index < -0.39 is 11.8 Å². The molecule has 0 unspecified atom stereocenters. The molecule has 1 N–H and O–H groups in total. The molecule has 1 aliphatic rings. The third-order valence-electron chi connectivity index (χ3n) is 4.25. The fraction of sp³-hybridized carbons (Fsp3) is 0.0476. The second-order valence-corrected chi connectivity index (χ2v) is 6.46. The van der Waals surface area contributed by atoms with Gasteiger partial charge in [-0.1, -0.05) is 29.8 Å². The molecule has 28 heavy (non-hydrogen) atoms. The number of halogens is 1. The summed E-state index contributed by atoms with van der Waals surface area (Å²) in [6, 6.07) is 17.5. The monoisotopic (exact) mass is 394 g/mol. The SMILES string of the molecule is COc1ccc(Cl)cc1-c1ccc(/C=C2\C(=O)NN(c3ccccc3)C2=O)o1. The second kappa shape index (κ2) is 7.25. The van der Waals surface area contributed by atoms with Crippen LogP contribution in [-0.4, -0.2) is 18.9 Å². The van der Waals surface area contributed by atoms with E-state index in [4.69, 9.17) is 20.8 Å². The van der Waals surface area contributed by atoms with Gasteiger partial charge in [0.25, 0.3) is 11.8 Å². The number of nitrogens with zero attached hydrogens (tertiary/aromatic N) is 1. The predicted octanol–water partition coefficient (Wildman–Crippen LogP) is 4.07. The third-order valence-corrected chi connectivity index (χ3v) is 4.48. The molecule has 0 aliphatic carbocycles. The fourth-order valence-electron chi connectivity index (χ4n) is 2.91. The average Bonchev–Trinajstić information content (AvgIpc) is 3.29. The maximum absolute atomic E-state index is 12.6. The third kappa shape index (κ3) is 3.25. The summed E-state index contributed by atoms with van der Waals surface area (Å²) in [5.74, 6) is 0.534. The summed E-state index contributed by atoms with van der Waals surface area (Å²) >= 11 is 6.07. The van der Waals surface area contributed by atoms with Crippen LogP contribution in [0.4, 0.5) is 5.69 Å². The predicted molar refractivity (Wildman–Crippen MR) is 106 cm³/mol. The van der Waals surface area contributed by atoms with Gasteiger partial charge in [0.05, 0.1) is 18.4 Å². The summed E-state index contributed by atoms with van der Waals surface area (Å²) in [6.07, 6.45) is 1.42. The summed E-state index contributed by atoms with van der Waals surface area (Å²) in [4.78, 5) is 24.9. The first-order valence-corrected chi connectivity index (χ1v) is 8.80. The number of carbonyl (C=O) groups is 2. The van der Waals surface area contributed by atoms with Gasteiger partial charge in [0, 0.05) is 5.02 Å². The highest BCUT2D eigenvalue weighted by Gasteiger charge is 2.34.